The normalized spacial score (nSPS) is 18.8. The largest absolute Gasteiger partial charge is 0.494 e. The molecule has 100 valence electrons. The molecule has 2 nitrogen and oxygen atoms in total. The number of rotatable bonds is 4. The highest BCUT2D eigenvalue weighted by Crippen LogP contribution is 2.33. The molecule has 0 aromatic heterocycles. The Labute approximate surface area is 103 Å². The van der Waals surface area contributed by atoms with Crippen LogP contribution in [0.25, 0.3) is 0 Å². The van der Waals surface area contributed by atoms with Crippen molar-refractivity contribution in [1.82, 2.24) is 0 Å². The summed E-state index contributed by atoms with van der Waals surface area (Å²) in [6, 6.07) is 5.28. The molecule has 0 saturated heterocycles. The van der Waals surface area contributed by atoms with E-state index < -0.39 is 18.7 Å². The quantitative estimate of drug-likeness (QED) is 0.841. The fourth-order valence-electron chi connectivity index (χ4n) is 2.12. The Kier molecular flexibility index (Phi) is 3.80. The van der Waals surface area contributed by atoms with Crippen LogP contribution < -0.4 is 4.74 Å². The molecule has 0 aliphatic heterocycles. The van der Waals surface area contributed by atoms with E-state index in [1.807, 2.05) is 0 Å². The third-order valence-electron chi connectivity index (χ3n) is 3.03. The van der Waals surface area contributed by atoms with Crippen molar-refractivity contribution in [3.63, 3.8) is 0 Å². The molecule has 2 rings (SSSR count). The van der Waals surface area contributed by atoms with Gasteiger partial charge in [-0.25, -0.2) is 0 Å². The maximum Gasteiger partial charge on any atom is 0.389 e. The monoisotopic (exact) mass is 260 g/mol. The second-order valence-electron chi connectivity index (χ2n) is 4.48. The van der Waals surface area contributed by atoms with E-state index in [1.165, 1.54) is 0 Å². The molecule has 0 amide bonds. The van der Waals surface area contributed by atoms with Gasteiger partial charge in [-0.15, -0.1) is 0 Å². The van der Waals surface area contributed by atoms with Crippen LogP contribution in [0.3, 0.4) is 0 Å². The first kappa shape index (κ1) is 13.2. The summed E-state index contributed by atoms with van der Waals surface area (Å²) in [5.41, 5.74) is 1.92. The van der Waals surface area contributed by atoms with Crippen LogP contribution in [0.1, 0.15) is 36.5 Å². The minimum Gasteiger partial charge on any atom is -0.494 e. The van der Waals surface area contributed by atoms with Crippen molar-refractivity contribution in [2.24, 2.45) is 0 Å². The summed E-state index contributed by atoms with van der Waals surface area (Å²) >= 11 is 0. The van der Waals surface area contributed by atoms with Crippen molar-refractivity contribution in [3.05, 3.63) is 29.3 Å². The Bertz CT molecular complexity index is 415. The predicted octanol–water partition coefficient (Wildman–Crippen LogP) is 3.39. The van der Waals surface area contributed by atoms with Gasteiger partial charge < -0.3 is 9.84 Å². The van der Waals surface area contributed by atoms with Crippen molar-refractivity contribution < 1.29 is 23.0 Å². The lowest BCUT2D eigenvalue weighted by Gasteiger charge is -2.10. The van der Waals surface area contributed by atoms with E-state index in [2.05, 4.69) is 0 Å². The van der Waals surface area contributed by atoms with Crippen LogP contribution in [0.15, 0.2) is 18.2 Å². The Balaban J connectivity index is 1.84. The number of alkyl halides is 3. The second kappa shape index (κ2) is 5.18. The van der Waals surface area contributed by atoms with E-state index in [-0.39, 0.29) is 13.0 Å². The Morgan fingerprint density at radius 1 is 1.33 bits per heavy atom. The molecule has 1 aromatic carbocycles. The van der Waals surface area contributed by atoms with Gasteiger partial charge in [0, 0.05) is 6.42 Å². The van der Waals surface area contributed by atoms with Crippen LogP contribution >= 0.6 is 0 Å². The van der Waals surface area contributed by atoms with Crippen LogP contribution in [-0.2, 0) is 6.42 Å². The molecule has 18 heavy (non-hydrogen) atoms. The number of aliphatic hydroxyl groups is 1. The average molecular weight is 260 g/mol. The van der Waals surface area contributed by atoms with E-state index >= 15 is 0 Å². The average Bonchev–Trinajstić information content (AvgIpc) is 2.65. The van der Waals surface area contributed by atoms with Gasteiger partial charge in [-0.05, 0) is 42.5 Å². The van der Waals surface area contributed by atoms with Gasteiger partial charge in [-0.3, -0.25) is 0 Å². The fraction of sp³-hybridized carbons (Fsp3) is 0.538. The summed E-state index contributed by atoms with van der Waals surface area (Å²) in [6.07, 6.45) is -3.91. The lowest BCUT2D eigenvalue weighted by molar-refractivity contribution is -0.136. The van der Waals surface area contributed by atoms with Crippen molar-refractivity contribution in [3.8, 4) is 5.75 Å². The number of ether oxygens (including phenoxy) is 1. The summed E-state index contributed by atoms with van der Waals surface area (Å²) in [5, 5.41) is 9.61. The molecule has 1 aliphatic carbocycles. The zero-order chi connectivity index (χ0) is 13.2. The van der Waals surface area contributed by atoms with Crippen molar-refractivity contribution in [2.75, 3.05) is 6.61 Å². The van der Waals surface area contributed by atoms with Crippen molar-refractivity contribution in [1.29, 1.82) is 0 Å². The molecule has 0 spiro atoms. The Hall–Kier alpha value is -1.23. The third kappa shape index (κ3) is 3.38. The van der Waals surface area contributed by atoms with Gasteiger partial charge in [-0.2, -0.15) is 13.2 Å². The number of aryl methyl sites for hydroxylation is 1. The first-order valence-electron chi connectivity index (χ1n) is 5.96. The minimum atomic E-state index is -4.12. The standard InChI is InChI=1S/C13H15F3O2/c14-13(15,16)6-1-7-18-10-3-4-11-9(8-10)2-5-12(11)17/h3-4,8,12,17H,1-2,5-7H2/t12-/m0/s1. The van der Waals surface area contributed by atoms with E-state index in [9.17, 15) is 18.3 Å². The maximum absolute atomic E-state index is 11.9. The molecule has 0 saturated carbocycles. The summed E-state index contributed by atoms with van der Waals surface area (Å²) in [7, 11) is 0. The number of hydrogen-bond donors (Lipinski definition) is 1. The number of hydrogen-bond acceptors (Lipinski definition) is 2. The number of halogens is 3. The smallest absolute Gasteiger partial charge is 0.389 e. The predicted molar refractivity (Wildman–Crippen MR) is 60.5 cm³/mol. The number of fused-ring (bicyclic) bond motifs is 1. The molecular weight excluding hydrogens is 245 g/mol. The van der Waals surface area contributed by atoms with Gasteiger partial charge in [0.25, 0.3) is 0 Å². The zero-order valence-corrected chi connectivity index (χ0v) is 9.83. The molecule has 0 heterocycles. The first-order valence-corrected chi connectivity index (χ1v) is 5.96. The van der Waals surface area contributed by atoms with Crippen molar-refractivity contribution in [2.45, 2.75) is 38.0 Å². The number of benzene rings is 1. The van der Waals surface area contributed by atoms with Gasteiger partial charge >= 0.3 is 6.18 Å². The van der Waals surface area contributed by atoms with Gasteiger partial charge in [0.05, 0.1) is 12.7 Å². The second-order valence-corrected chi connectivity index (χ2v) is 4.48. The molecule has 0 radical (unpaired) electrons. The summed E-state index contributed by atoms with van der Waals surface area (Å²) in [4.78, 5) is 0. The zero-order valence-electron chi connectivity index (χ0n) is 9.83. The molecular formula is C13H15F3O2. The third-order valence-corrected chi connectivity index (χ3v) is 3.03. The van der Waals surface area contributed by atoms with Crippen LogP contribution in [0.5, 0.6) is 5.75 Å². The lowest BCUT2D eigenvalue weighted by atomic mass is 10.1. The van der Waals surface area contributed by atoms with Crippen LogP contribution in [0, 0.1) is 0 Å². The molecule has 1 aliphatic rings. The van der Waals surface area contributed by atoms with E-state index in [0.29, 0.717) is 12.2 Å². The summed E-state index contributed by atoms with van der Waals surface area (Å²) in [5.74, 6) is 0.574. The van der Waals surface area contributed by atoms with E-state index in [4.69, 9.17) is 4.74 Å². The Morgan fingerprint density at radius 2 is 2.11 bits per heavy atom. The molecule has 1 aromatic rings. The molecule has 5 heteroatoms. The van der Waals surface area contributed by atoms with E-state index in [1.54, 1.807) is 18.2 Å². The van der Waals surface area contributed by atoms with Gasteiger partial charge in [0.1, 0.15) is 5.75 Å². The highest BCUT2D eigenvalue weighted by Gasteiger charge is 2.26. The molecule has 1 N–H and O–H groups in total. The topological polar surface area (TPSA) is 29.5 Å². The van der Waals surface area contributed by atoms with Crippen molar-refractivity contribution >= 4 is 0 Å². The highest BCUT2D eigenvalue weighted by molar-refractivity contribution is 5.39. The molecule has 0 unspecified atom stereocenters. The molecule has 0 bridgehead atoms. The molecule has 1 atom stereocenters. The lowest BCUT2D eigenvalue weighted by Crippen LogP contribution is -2.09. The molecule has 0 fully saturated rings. The van der Waals surface area contributed by atoms with Gasteiger partial charge in [0.2, 0.25) is 0 Å². The minimum absolute atomic E-state index is 0.0385. The van der Waals surface area contributed by atoms with Crippen LogP contribution in [-0.4, -0.2) is 17.9 Å². The highest BCUT2D eigenvalue weighted by atomic mass is 19.4. The first-order chi connectivity index (χ1) is 8.46. The SMILES string of the molecule is O[C@H]1CCc2cc(OCCCC(F)(F)F)ccc21. The Morgan fingerprint density at radius 3 is 2.83 bits per heavy atom. The van der Waals surface area contributed by atoms with Gasteiger partial charge in [-0.1, -0.05) is 6.07 Å². The summed E-state index contributed by atoms with van der Waals surface area (Å²) < 4.78 is 41.0. The van der Waals surface area contributed by atoms with Gasteiger partial charge in [0.15, 0.2) is 0 Å². The number of aliphatic hydroxyl groups excluding tert-OH is 1. The maximum atomic E-state index is 11.9. The fourth-order valence-corrected chi connectivity index (χ4v) is 2.12. The van der Waals surface area contributed by atoms with Crippen LogP contribution in [0.2, 0.25) is 0 Å². The van der Waals surface area contributed by atoms with E-state index in [0.717, 1.165) is 17.5 Å². The summed E-state index contributed by atoms with van der Waals surface area (Å²) in [6.45, 7) is 0.0564. The van der Waals surface area contributed by atoms with Crippen LogP contribution in [0.4, 0.5) is 13.2 Å².